The number of aromatic nitrogens is 3. The molecule has 96 valence electrons. The highest BCUT2D eigenvalue weighted by Crippen LogP contribution is 2.36. The number of aryl methyl sites for hydroxylation is 1. The van der Waals surface area contributed by atoms with Crippen LogP contribution in [0.25, 0.3) is 22.6 Å². The summed E-state index contributed by atoms with van der Waals surface area (Å²) in [5.41, 5.74) is 9.34. The summed E-state index contributed by atoms with van der Waals surface area (Å²) in [6, 6.07) is 7.19. The molecular formula is C13H10Cl2N4. The second-order valence-electron chi connectivity index (χ2n) is 4.23. The van der Waals surface area contributed by atoms with Crippen LogP contribution in [-0.2, 0) is 0 Å². The van der Waals surface area contributed by atoms with Gasteiger partial charge in [-0.25, -0.2) is 9.97 Å². The maximum atomic E-state index is 6.18. The molecule has 19 heavy (non-hydrogen) atoms. The van der Waals surface area contributed by atoms with E-state index in [4.69, 9.17) is 28.9 Å². The minimum absolute atomic E-state index is 0.407. The largest absolute Gasteiger partial charge is 0.397 e. The fraction of sp³-hybridized carbons (Fsp3) is 0.0769. The summed E-state index contributed by atoms with van der Waals surface area (Å²) in [7, 11) is 0. The Morgan fingerprint density at radius 1 is 1.05 bits per heavy atom. The molecule has 3 aromatic rings. The number of aromatic amines is 1. The van der Waals surface area contributed by atoms with Crippen molar-refractivity contribution in [1.82, 2.24) is 15.0 Å². The summed E-state index contributed by atoms with van der Waals surface area (Å²) in [5, 5.41) is 0.946. The number of nitrogens with two attached hydrogens (primary N) is 1. The van der Waals surface area contributed by atoms with E-state index in [0.717, 1.165) is 11.2 Å². The highest BCUT2D eigenvalue weighted by molar-refractivity contribution is 6.37. The molecule has 0 fully saturated rings. The summed E-state index contributed by atoms with van der Waals surface area (Å²) in [6.07, 6.45) is 0. The Labute approximate surface area is 119 Å². The lowest BCUT2D eigenvalue weighted by Crippen LogP contribution is -1.93. The van der Waals surface area contributed by atoms with Gasteiger partial charge in [-0.05, 0) is 31.2 Å². The first-order valence-corrected chi connectivity index (χ1v) is 6.39. The van der Waals surface area contributed by atoms with Crippen molar-refractivity contribution in [3.05, 3.63) is 40.0 Å². The summed E-state index contributed by atoms with van der Waals surface area (Å²) in [6.45, 7) is 1.91. The van der Waals surface area contributed by atoms with E-state index in [1.165, 1.54) is 0 Å². The van der Waals surface area contributed by atoms with Gasteiger partial charge in [-0.3, -0.25) is 0 Å². The van der Waals surface area contributed by atoms with Gasteiger partial charge in [0, 0.05) is 5.69 Å². The molecule has 3 rings (SSSR count). The van der Waals surface area contributed by atoms with Crippen molar-refractivity contribution in [1.29, 1.82) is 0 Å². The van der Waals surface area contributed by atoms with E-state index < -0.39 is 0 Å². The average molecular weight is 293 g/mol. The molecule has 3 N–H and O–H groups in total. The number of imidazole rings is 1. The van der Waals surface area contributed by atoms with Crippen molar-refractivity contribution in [2.45, 2.75) is 6.92 Å². The van der Waals surface area contributed by atoms with E-state index in [1.54, 1.807) is 12.1 Å². The number of nitrogen functional groups attached to an aromatic ring is 1. The number of nitrogens with one attached hydrogen (secondary N) is 1. The van der Waals surface area contributed by atoms with Crippen LogP contribution in [-0.4, -0.2) is 15.0 Å². The number of fused-ring (bicyclic) bond motifs is 1. The number of halogens is 2. The number of rotatable bonds is 1. The van der Waals surface area contributed by atoms with E-state index in [0.29, 0.717) is 32.8 Å². The average Bonchev–Trinajstić information content (AvgIpc) is 2.77. The number of nitrogens with zero attached hydrogens (tertiary/aromatic N) is 2. The molecule has 0 radical (unpaired) electrons. The van der Waals surface area contributed by atoms with Crippen LogP contribution in [0.4, 0.5) is 5.69 Å². The van der Waals surface area contributed by atoms with E-state index >= 15 is 0 Å². The third-order valence-electron chi connectivity index (χ3n) is 2.86. The third-order valence-corrected chi connectivity index (χ3v) is 3.51. The first-order valence-electron chi connectivity index (χ1n) is 5.63. The van der Waals surface area contributed by atoms with E-state index in [9.17, 15) is 0 Å². The molecule has 2 heterocycles. The van der Waals surface area contributed by atoms with Gasteiger partial charge in [-0.1, -0.05) is 23.2 Å². The summed E-state index contributed by atoms with van der Waals surface area (Å²) >= 11 is 12.2. The topological polar surface area (TPSA) is 67.6 Å². The van der Waals surface area contributed by atoms with Gasteiger partial charge in [0.15, 0.2) is 5.65 Å². The number of benzene rings is 1. The van der Waals surface area contributed by atoms with Gasteiger partial charge in [0.05, 0.1) is 26.8 Å². The number of anilines is 1. The molecular weight excluding hydrogens is 283 g/mol. The second kappa shape index (κ2) is 4.40. The zero-order valence-corrected chi connectivity index (χ0v) is 11.5. The molecule has 0 aliphatic rings. The zero-order chi connectivity index (χ0) is 13.6. The van der Waals surface area contributed by atoms with Crippen molar-refractivity contribution in [3.63, 3.8) is 0 Å². The number of H-pyrrole nitrogens is 1. The summed E-state index contributed by atoms with van der Waals surface area (Å²) in [4.78, 5) is 11.9. The molecule has 2 aromatic heterocycles. The van der Waals surface area contributed by atoms with Crippen LogP contribution in [0.15, 0.2) is 24.3 Å². The molecule has 0 unspecified atom stereocenters. The van der Waals surface area contributed by atoms with Crippen LogP contribution in [0.5, 0.6) is 0 Å². The van der Waals surface area contributed by atoms with Crippen LogP contribution in [0, 0.1) is 6.92 Å². The lowest BCUT2D eigenvalue weighted by molar-refractivity contribution is 1.22. The fourth-order valence-corrected chi connectivity index (χ4v) is 2.33. The molecule has 0 amide bonds. The van der Waals surface area contributed by atoms with Gasteiger partial charge in [0.2, 0.25) is 0 Å². The second-order valence-corrected chi connectivity index (χ2v) is 5.04. The van der Waals surface area contributed by atoms with E-state index in [-0.39, 0.29) is 0 Å². The lowest BCUT2D eigenvalue weighted by Gasteiger charge is -2.06. The van der Waals surface area contributed by atoms with E-state index in [2.05, 4.69) is 15.0 Å². The predicted molar refractivity (Wildman–Crippen MR) is 78.5 cm³/mol. The Morgan fingerprint density at radius 3 is 2.58 bits per heavy atom. The van der Waals surface area contributed by atoms with Crippen LogP contribution in [0.2, 0.25) is 10.0 Å². The highest BCUT2D eigenvalue weighted by Gasteiger charge is 2.15. The number of hydrogen-bond acceptors (Lipinski definition) is 3. The van der Waals surface area contributed by atoms with Gasteiger partial charge in [0.1, 0.15) is 5.82 Å². The predicted octanol–water partition coefficient (Wildman–Crippen LogP) is 3.82. The Balaban J connectivity index is 2.27. The quantitative estimate of drug-likeness (QED) is 0.670. The van der Waals surface area contributed by atoms with Crippen molar-refractivity contribution < 1.29 is 0 Å². The molecule has 1 aromatic carbocycles. The SMILES string of the molecule is Cc1ccc2[nH]c(-c3c(Cl)ccc(Cl)c3N)nc2n1. The Bertz CT molecular complexity index is 780. The molecule has 0 aliphatic heterocycles. The van der Waals surface area contributed by atoms with Crippen LogP contribution >= 0.6 is 23.2 Å². The van der Waals surface area contributed by atoms with Crippen molar-refractivity contribution in [3.8, 4) is 11.4 Å². The van der Waals surface area contributed by atoms with Gasteiger partial charge in [-0.15, -0.1) is 0 Å². The number of hydrogen-bond donors (Lipinski definition) is 2. The summed E-state index contributed by atoms with van der Waals surface area (Å²) < 4.78 is 0. The third kappa shape index (κ3) is 2.03. The standard InChI is InChI=1S/C13H10Cl2N4/c1-6-2-5-9-12(17-6)19-13(18-9)10-7(14)3-4-8(15)11(10)16/h2-5H,16H2,1H3,(H,17,18,19). The molecule has 0 atom stereocenters. The van der Waals surface area contributed by atoms with Gasteiger partial charge in [0.25, 0.3) is 0 Å². The Hall–Kier alpha value is -1.78. The van der Waals surface area contributed by atoms with E-state index in [1.807, 2.05) is 19.1 Å². The highest BCUT2D eigenvalue weighted by atomic mass is 35.5. The normalized spacial score (nSPS) is 11.1. The first kappa shape index (κ1) is 12.3. The fourth-order valence-electron chi connectivity index (χ4n) is 1.91. The minimum Gasteiger partial charge on any atom is -0.397 e. The maximum Gasteiger partial charge on any atom is 0.178 e. The molecule has 0 spiro atoms. The smallest absolute Gasteiger partial charge is 0.178 e. The van der Waals surface area contributed by atoms with Gasteiger partial charge < -0.3 is 10.7 Å². The van der Waals surface area contributed by atoms with Gasteiger partial charge >= 0.3 is 0 Å². The Morgan fingerprint density at radius 2 is 1.79 bits per heavy atom. The first-order chi connectivity index (χ1) is 9.06. The maximum absolute atomic E-state index is 6.18. The molecule has 0 saturated carbocycles. The molecule has 0 saturated heterocycles. The Kier molecular flexibility index (Phi) is 2.84. The van der Waals surface area contributed by atoms with Crippen molar-refractivity contribution in [2.24, 2.45) is 0 Å². The minimum atomic E-state index is 0.407. The molecule has 4 nitrogen and oxygen atoms in total. The van der Waals surface area contributed by atoms with Crippen LogP contribution in [0.1, 0.15) is 5.69 Å². The lowest BCUT2D eigenvalue weighted by atomic mass is 10.1. The molecule has 6 heteroatoms. The monoisotopic (exact) mass is 292 g/mol. The number of pyridine rings is 1. The van der Waals surface area contributed by atoms with Crippen molar-refractivity contribution in [2.75, 3.05) is 5.73 Å². The van der Waals surface area contributed by atoms with Gasteiger partial charge in [-0.2, -0.15) is 0 Å². The van der Waals surface area contributed by atoms with Crippen molar-refractivity contribution >= 4 is 40.1 Å². The van der Waals surface area contributed by atoms with Crippen LogP contribution < -0.4 is 5.73 Å². The summed E-state index contributed by atoms with van der Waals surface area (Å²) in [5.74, 6) is 0.568. The zero-order valence-electron chi connectivity index (χ0n) is 10.0. The van der Waals surface area contributed by atoms with Crippen LogP contribution in [0.3, 0.4) is 0 Å². The molecule has 0 bridgehead atoms. The molecule has 0 aliphatic carbocycles.